The summed E-state index contributed by atoms with van der Waals surface area (Å²) in [5, 5.41) is 28.7. The maximum absolute atomic E-state index is 11.7. The SMILES string of the molecule is CCCCCCCC/C=C\CCCCCCC(C(=O)O)C(O)CCCCCCCCCCCCCCCCC(=O)O. The number of hydrogen-bond acceptors (Lipinski definition) is 3. The topological polar surface area (TPSA) is 94.8 Å². The number of hydrogen-bond donors (Lipinski definition) is 3. The molecule has 3 N–H and O–H groups in total. The van der Waals surface area contributed by atoms with Crippen molar-refractivity contribution in [2.75, 3.05) is 0 Å². The Balaban J connectivity index is 3.57. The van der Waals surface area contributed by atoms with Crippen LogP contribution in [0, 0.1) is 5.92 Å². The van der Waals surface area contributed by atoms with E-state index >= 15 is 0 Å². The van der Waals surface area contributed by atoms with E-state index in [2.05, 4.69) is 19.1 Å². The largest absolute Gasteiger partial charge is 0.481 e. The highest BCUT2D eigenvalue weighted by molar-refractivity contribution is 5.70. The Hall–Kier alpha value is -1.36. The Morgan fingerprint density at radius 3 is 1.29 bits per heavy atom. The lowest BCUT2D eigenvalue weighted by Gasteiger charge is -2.19. The van der Waals surface area contributed by atoms with Crippen LogP contribution >= 0.6 is 0 Å². The van der Waals surface area contributed by atoms with Gasteiger partial charge in [-0.25, -0.2) is 0 Å². The van der Waals surface area contributed by atoms with Crippen LogP contribution in [0.2, 0.25) is 0 Å². The first kappa shape index (κ1) is 39.6. The van der Waals surface area contributed by atoms with Gasteiger partial charge in [-0.05, 0) is 44.9 Å². The lowest BCUT2D eigenvalue weighted by Crippen LogP contribution is -2.28. The molecule has 2 unspecified atom stereocenters. The van der Waals surface area contributed by atoms with Crippen LogP contribution in [0.15, 0.2) is 12.2 Å². The van der Waals surface area contributed by atoms with Gasteiger partial charge in [-0.1, -0.05) is 154 Å². The first-order valence-electron chi connectivity index (χ1n) is 17.8. The number of aliphatic hydroxyl groups excluding tert-OH is 1. The fraction of sp³-hybridized carbons (Fsp3) is 0.889. The molecule has 2 atom stereocenters. The van der Waals surface area contributed by atoms with Crippen LogP contribution in [0.5, 0.6) is 0 Å². The molecule has 0 aromatic heterocycles. The highest BCUT2D eigenvalue weighted by Crippen LogP contribution is 2.21. The standard InChI is InChI=1S/C36H68O5/c1-2-3-4-5-6-7-8-9-12-15-18-21-24-27-30-33(36(40)41)34(37)31-28-25-22-19-16-13-10-11-14-17-20-23-26-29-32-35(38)39/h9,12,33-34,37H,2-8,10-11,13-32H2,1H3,(H,38,39)(H,40,41)/b12-9-. The summed E-state index contributed by atoms with van der Waals surface area (Å²) < 4.78 is 0. The third-order valence-corrected chi connectivity index (χ3v) is 8.45. The van der Waals surface area contributed by atoms with Gasteiger partial charge < -0.3 is 15.3 Å². The van der Waals surface area contributed by atoms with Crippen LogP contribution in [-0.2, 0) is 9.59 Å². The lowest BCUT2D eigenvalue weighted by atomic mass is 9.91. The molecule has 0 heterocycles. The highest BCUT2D eigenvalue weighted by Gasteiger charge is 2.25. The molecule has 0 aromatic carbocycles. The third-order valence-electron chi connectivity index (χ3n) is 8.45. The van der Waals surface area contributed by atoms with Gasteiger partial charge in [0.2, 0.25) is 0 Å². The minimum Gasteiger partial charge on any atom is -0.481 e. The van der Waals surface area contributed by atoms with E-state index in [1.807, 2.05) is 0 Å². The summed E-state index contributed by atoms with van der Waals surface area (Å²) in [6.07, 6.45) is 36.5. The average Bonchev–Trinajstić information content (AvgIpc) is 2.94. The van der Waals surface area contributed by atoms with Gasteiger partial charge in [0.05, 0.1) is 12.0 Å². The lowest BCUT2D eigenvalue weighted by molar-refractivity contribution is -0.146. The molecule has 0 saturated heterocycles. The second-order valence-corrected chi connectivity index (χ2v) is 12.4. The van der Waals surface area contributed by atoms with E-state index < -0.39 is 24.0 Å². The van der Waals surface area contributed by atoms with Crippen molar-refractivity contribution >= 4 is 11.9 Å². The van der Waals surface area contributed by atoms with Crippen molar-refractivity contribution in [3.63, 3.8) is 0 Å². The summed E-state index contributed by atoms with van der Waals surface area (Å²) in [6, 6.07) is 0. The van der Waals surface area contributed by atoms with Crippen molar-refractivity contribution < 1.29 is 24.9 Å². The number of aliphatic hydroxyl groups is 1. The predicted octanol–water partition coefficient (Wildman–Crippen LogP) is 11.0. The van der Waals surface area contributed by atoms with E-state index in [0.29, 0.717) is 19.3 Å². The van der Waals surface area contributed by atoms with Crippen molar-refractivity contribution in [1.29, 1.82) is 0 Å². The monoisotopic (exact) mass is 581 g/mol. The number of rotatable bonds is 33. The van der Waals surface area contributed by atoms with Gasteiger partial charge in [-0.3, -0.25) is 9.59 Å². The van der Waals surface area contributed by atoms with Gasteiger partial charge in [0.1, 0.15) is 0 Å². The molecular formula is C36H68O5. The normalized spacial score (nSPS) is 13.1. The first-order chi connectivity index (χ1) is 20.0. The summed E-state index contributed by atoms with van der Waals surface area (Å²) in [6.45, 7) is 2.26. The smallest absolute Gasteiger partial charge is 0.309 e. The molecule has 242 valence electrons. The fourth-order valence-electron chi connectivity index (χ4n) is 5.69. The summed E-state index contributed by atoms with van der Waals surface area (Å²) >= 11 is 0. The Kier molecular flexibility index (Phi) is 30.5. The molecule has 0 bridgehead atoms. The fourth-order valence-corrected chi connectivity index (χ4v) is 5.69. The van der Waals surface area contributed by atoms with Crippen LogP contribution < -0.4 is 0 Å². The molecule has 0 aliphatic heterocycles. The summed E-state index contributed by atoms with van der Waals surface area (Å²) in [5.41, 5.74) is 0. The van der Waals surface area contributed by atoms with Gasteiger partial charge in [-0.15, -0.1) is 0 Å². The van der Waals surface area contributed by atoms with Crippen molar-refractivity contribution in [2.45, 2.75) is 199 Å². The van der Waals surface area contributed by atoms with Crippen LogP contribution in [0.3, 0.4) is 0 Å². The molecule has 0 spiro atoms. The molecule has 0 amide bonds. The highest BCUT2D eigenvalue weighted by atomic mass is 16.4. The third kappa shape index (κ3) is 29.9. The molecule has 0 saturated carbocycles. The van der Waals surface area contributed by atoms with Gasteiger partial charge in [0.15, 0.2) is 0 Å². The molecule has 0 aromatic rings. The Labute approximate surface area is 254 Å². The molecule has 0 aliphatic rings. The van der Waals surface area contributed by atoms with Gasteiger partial charge in [0, 0.05) is 6.42 Å². The zero-order valence-corrected chi connectivity index (χ0v) is 27.0. The van der Waals surface area contributed by atoms with Crippen LogP contribution in [0.4, 0.5) is 0 Å². The summed E-state index contributed by atoms with van der Waals surface area (Å²) in [7, 11) is 0. The minimum absolute atomic E-state index is 0.307. The van der Waals surface area contributed by atoms with E-state index in [1.165, 1.54) is 109 Å². The molecule has 5 heteroatoms. The Morgan fingerprint density at radius 2 is 0.878 bits per heavy atom. The predicted molar refractivity (Wildman–Crippen MR) is 173 cm³/mol. The number of carbonyl (C=O) groups is 2. The van der Waals surface area contributed by atoms with E-state index in [4.69, 9.17) is 5.11 Å². The Bertz CT molecular complexity index is 603. The van der Waals surface area contributed by atoms with Crippen molar-refractivity contribution in [2.24, 2.45) is 5.92 Å². The molecule has 0 fully saturated rings. The molecule has 5 nitrogen and oxygen atoms in total. The molecule has 0 aliphatic carbocycles. The van der Waals surface area contributed by atoms with E-state index in [-0.39, 0.29) is 0 Å². The zero-order valence-electron chi connectivity index (χ0n) is 27.0. The second kappa shape index (κ2) is 31.6. The molecule has 41 heavy (non-hydrogen) atoms. The number of unbranched alkanes of at least 4 members (excludes halogenated alkanes) is 23. The quantitative estimate of drug-likeness (QED) is 0.0530. The zero-order chi connectivity index (χ0) is 30.2. The Morgan fingerprint density at radius 1 is 0.512 bits per heavy atom. The summed E-state index contributed by atoms with van der Waals surface area (Å²) in [5.74, 6) is -2.14. The first-order valence-corrected chi connectivity index (χ1v) is 17.8. The minimum atomic E-state index is -0.840. The van der Waals surface area contributed by atoms with E-state index in [9.17, 15) is 19.8 Å². The van der Waals surface area contributed by atoms with Gasteiger partial charge >= 0.3 is 11.9 Å². The maximum atomic E-state index is 11.7. The molecule has 0 rings (SSSR count). The average molecular weight is 581 g/mol. The maximum Gasteiger partial charge on any atom is 0.309 e. The number of carboxylic acid groups (broad SMARTS) is 2. The van der Waals surface area contributed by atoms with Crippen molar-refractivity contribution in [3.8, 4) is 0 Å². The number of aliphatic carboxylic acids is 2. The van der Waals surface area contributed by atoms with Crippen molar-refractivity contribution in [3.05, 3.63) is 12.2 Å². The number of carboxylic acids is 2. The van der Waals surface area contributed by atoms with Crippen LogP contribution in [-0.4, -0.2) is 33.4 Å². The second-order valence-electron chi connectivity index (χ2n) is 12.4. The molecule has 0 radical (unpaired) electrons. The molecular weight excluding hydrogens is 512 g/mol. The van der Waals surface area contributed by atoms with E-state index in [0.717, 1.165) is 57.8 Å². The van der Waals surface area contributed by atoms with Gasteiger partial charge in [0.25, 0.3) is 0 Å². The van der Waals surface area contributed by atoms with Crippen LogP contribution in [0.25, 0.3) is 0 Å². The summed E-state index contributed by atoms with van der Waals surface area (Å²) in [4.78, 5) is 22.2. The van der Waals surface area contributed by atoms with E-state index in [1.54, 1.807) is 0 Å². The van der Waals surface area contributed by atoms with Crippen molar-refractivity contribution in [1.82, 2.24) is 0 Å². The van der Waals surface area contributed by atoms with Gasteiger partial charge in [-0.2, -0.15) is 0 Å². The van der Waals surface area contributed by atoms with Crippen LogP contribution in [0.1, 0.15) is 193 Å². The number of allylic oxidation sites excluding steroid dienone is 2.